The summed E-state index contributed by atoms with van der Waals surface area (Å²) in [4.78, 5) is 0. The topological polar surface area (TPSA) is 49.9 Å². The Bertz CT molecular complexity index is 529. The molecule has 0 bridgehead atoms. The highest BCUT2D eigenvalue weighted by molar-refractivity contribution is 5.61. The maximum Gasteiger partial charge on any atom is 0.119 e. The molecular formula is C14H17N3O. The van der Waals surface area contributed by atoms with Crippen molar-refractivity contribution in [3.05, 3.63) is 36.0 Å². The molecule has 4 heteroatoms. The van der Waals surface area contributed by atoms with Gasteiger partial charge in [-0.3, -0.25) is 5.10 Å². The molecule has 0 aliphatic carbocycles. The molecule has 1 atom stereocenters. The SMILES string of the molecule is COc1cccc(-c2cc(C3CCCN3)[nH]n2)c1. The van der Waals surface area contributed by atoms with Gasteiger partial charge in [-0.1, -0.05) is 12.1 Å². The predicted molar refractivity (Wildman–Crippen MR) is 70.6 cm³/mol. The first-order valence-corrected chi connectivity index (χ1v) is 6.30. The summed E-state index contributed by atoms with van der Waals surface area (Å²) in [5, 5.41) is 11.0. The number of H-pyrrole nitrogens is 1. The van der Waals surface area contributed by atoms with Gasteiger partial charge in [0.05, 0.1) is 18.5 Å². The highest BCUT2D eigenvalue weighted by Gasteiger charge is 2.18. The second-order valence-electron chi connectivity index (χ2n) is 4.59. The Balaban J connectivity index is 1.87. The van der Waals surface area contributed by atoms with Gasteiger partial charge in [-0.25, -0.2) is 0 Å². The maximum absolute atomic E-state index is 5.23. The molecule has 1 aromatic carbocycles. The Morgan fingerprint density at radius 1 is 1.33 bits per heavy atom. The number of benzene rings is 1. The summed E-state index contributed by atoms with van der Waals surface area (Å²) in [7, 11) is 1.68. The molecule has 94 valence electrons. The second-order valence-corrected chi connectivity index (χ2v) is 4.59. The molecule has 1 saturated heterocycles. The molecule has 2 heterocycles. The van der Waals surface area contributed by atoms with Gasteiger partial charge in [-0.2, -0.15) is 5.10 Å². The Labute approximate surface area is 106 Å². The Morgan fingerprint density at radius 2 is 2.28 bits per heavy atom. The van der Waals surface area contributed by atoms with E-state index >= 15 is 0 Å². The van der Waals surface area contributed by atoms with Gasteiger partial charge in [0.2, 0.25) is 0 Å². The van der Waals surface area contributed by atoms with E-state index in [-0.39, 0.29) is 0 Å². The summed E-state index contributed by atoms with van der Waals surface area (Å²) in [6, 6.07) is 10.5. The minimum absolute atomic E-state index is 0.428. The van der Waals surface area contributed by atoms with Crippen molar-refractivity contribution < 1.29 is 4.74 Å². The van der Waals surface area contributed by atoms with E-state index in [9.17, 15) is 0 Å². The van der Waals surface area contributed by atoms with Crippen LogP contribution in [0.3, 0.4) is 0 Å². The van der Waals surface area contributed by atoms with Gasteiger partial charge >= 0.3 is 0 Å². The summed E-state index contributed by atoms with van der Waals surface area (Å²) in [5.41, 5.74) is 3.22. The van der Waals surface area contributed by atoms with Crippen molar-refractivity contribution in [2.24, 2.45) is 0 Å². The largest absolute Gasteiger partial charge is 0.497 e. The van der Waals surface area contributed by atoms with E-state index in [0.29, 0.717) is 6.04 Å². The van der Waals surface area contributed by atoms with Crippen LogP contribution in [0.5, 0.6) is 5.75 Å². The van der Waals surface area contributed by atoms with Gasteiger partial charge in [-0.05, 0) is 37.6 Å². The van der Waals surface area contributed by atoms with Gasteiger partial charge < -0.3 is 10.1 Å². The van der Waals surface area contributed by atoms with Crippen LogP contribution < -0.4 is 10.1 Å². The van der Waals surface area contributed by atoms with Crippen molar-refractivity contribution in [2.75, 3.05) is 13.7 Å². The van der Waals surface area contributed by atoms with E-state index in [0.717, 1.165) is 23.6 Å². The Kier molecular flexibility index (Phi) is 3.02. The zero-order chi connectivity index (χ0) is 12.4. The van der Waals surface area contributed by atoms with E-state index in [1.165, 1.54) is 18.5 Å². The fraction of sp³-hybridized carbons (Fsp3) is 0.357. The number of hydrogen-bond acceptors (Lipinski definition) is 3. The number of nitrogens with one attached hydrogen (secondary N) is 2. The van der Waals surface area contributed by atoms with Crippen molar-refractivity contribution in [3.8, 4) is 17.0 Å². The zero-order valence-electron chi connectivity index (χ0n) is 10.4. The number of ether oxygens (including phenoxy) is 1. The first-order chi connectivity index (χ1) is 8.86. The molecule has 0 radical (unpaired) electrons. The quantitative estimate of drug-likeness (QED) is 0.870. The lowest BCUT2D eigenvalue weighted by Gasteiger charge is -2.05. The zero-order valence-corrected chi connectivity index (χ0v) is 10.4. The summed E-state index contributed by atoms with van der Waals surface area (Å²) in [5.74, 6) is 0.857. The Hall–Kier alpha value is -1.81. The minimum Gasteiger partial charge on any atom is -0.497 e. The molecule has 1 aliphatic heterocycles. The minimum atomic E-state index is 0.428. The van der Waals surface area contributed by atoms with Crippen LogP contribution in [0.4, 0.5) is 0 Å². The van der Waals surface area contributed by atoms with Crippen molar-refractivity contribution in [3.63, 3.8) is 0 Å². The summed E-state index contributed by atoms with van der Waals surface area (Å²) >= 11 is 0. The average Bonchev–Trinajstić information content (AvgIpc) is 3.09. The van der Waals surface area contributed by atoms with Gasteiger partial charge in [-0.15, -0.1) is 0 Å². The van der Waals surface area contributed by atoms with Gasteiger partial charge in [0.15, 0.2) is 0 Å². The highest BCUT2D eigenvalue weighted by atomic mass is 16.5. The molecule has 1 unspecified atom stereocenters. The van der Waals surface area contributed by atoms with Gasteiger partial charge in [0, 0.05) is 11.6 Å². The fourth-order valence-electron chi connectivity index (χ4n) is 2.40. The first kappa shape index (κ1) is 11.3. The van der Waals surface area contributed by atoms with Crippen LogP contribution in [0, 0.1) is 0 Å². The van der Waals surface area contributed by atoms with E-state index in [4.69, 9.17) is 4.74 Å². The van der Waals surface area contributed by atoms with Crippen LogP contribution in [-0.2, 0) is 0 Å². The number of nitrogens with zero attached hydrogens (tertiary/aromatic N) is 1. The molecule has 18 heavy (non-hydrogen) atoms. The molecule has 0 amide bonds. The van der Waals surface area contributed by atoms with E-state index in [2.05, 4.69) is 21.6 Å². The van der Waals surface area contributed by atoms with Gasteiger partial charge in [0.25, 0.3) is 0 Å². The van der Waals surface area contributed by atoms with Crippen LogP contribution in [0.1, 0.15) is 24.6 Å². The molecule has 1 aliphatic rings. The number of hydrogen-bond donors (Lipinski definition) is 2. The summed E-state index contributed by atoms with van der Waals surface area (Å²) in [6.07, 6.45) is 2.41. The van der Waals surface area contributed by atoms with Crippen molar-refractivity contribution in [2.45, 2.75) is 18.9 Å². The second kappa shape index (κ2) is 4.82. The standard InChI is InChI=1S/C14H17N3O/c1-18-11-5-2-4-10(8-11)13-9-14(17-16-13)12-6-3-7-15-12/h2,4-5,8-9,12,15H,3,6-7H2,1H3,(H,16,17). The third-order valence-corrected chi connectivity index (χ3v) is 3.40. The van der Waals surface area contributed by atoms with Gasteiger partial charge in [0.1, 0.15) is 5.75 Å². The molecule has 1 aromatic heterocycles. The summed E-state index contributed by atoms with van der Waals surface area (Å²) < 4.78 is 5.23. The molecule has 0 saturated carbocycles. The number of rotatable bonds is 3. The molecule has 2 aromatic rings. The third-order valence-electron chi connectivity index (χ3n) is 3.40. The first-order valence-electron chi connectivity index (χ1n) is 6.30. The predicted octanol–water partition coefficient (Wildman–Crippen LogP) is 2.51. The van der Waals surface area contributed by atoms with E-state index < -0.39 is 0 Å². The number of aromatic nitrogens is 2. The van der Waals surface area contributed by atoms with E-state index in [1.807, 2.05) is 24.3 Å². The smallest absolute Gasteiger partial charge is 0.119 e. The van der Waals surface area contributed by atoms with Crippen molar-refractivity contribution in [1.82, 2.24) is 15.5 Å². The molecule has 1 fully saturated rings. The molecule has 2 N–H and O–H groups in total. The van der Waals surface area contributed by atoms with Crippen LogP contribution >= 0.6 is 0 Å². The molecule has 3 rings (SSSR count). The molecule has 4 nitrogen and oxygen atoms in total. The fourth-order valence-corrected chi connectivity index (χ4v) is 2.40. The lowest BCUT2D eigenvalue weighted by atomic mass is 10.1. The van der Waals surface area contributed by atoms with Crippen molar-refractivity contribution in [1.29, 1.82) is 0 Å². The van der Waals surface area contributed by atoms with E-state index in [1.54, 1.807) is 7.11 Å². The Morgan fingerprint density at radius 3 is 3.06 bits per heavy atom. The number of aromatic amines is 1. The highest BCUT2D eigenvalue weighted by Crippen LogP contribution is 2.27. The van der Waals surface area contributed by atoms with Crippen LogP contribution in [-0.4, -0.2) is 23.9 Å². The third kappa shape index (κ3) is 2.11. The summed E-state index contributed by atoms with van der Waals surface area (Å²) in [6.45, 7) is 1.10. The monoisotopic (exact) mass is 243 g/mol. The van der Waals surface area contributed by atoms with Crippen molar-refractivity contribution >= 4 is 0 Å². The van der Waals surface area contributed by atoms with Crippen LogP contribution in [0.2, 0.25) is 0 Å². The molecular weight excluding hydrogens is 226 g/mol. The lowest BCUT2D eigenvalue weighted by molar-refractivity contribution is 0.415. The average molecular weight is 243 g/mol. The van der Waals surface area contributed by atoms with Crippen LogP contribution in [0.15, 0.2) is 30.3 Å². The van der Waals surface area contributed by atoms with Crippen LogP contribution in [0.25, 0.3) is 11.3 Å². The molecule has 0 spiro atoms. The normalized spacial score (nSPS) is 19.1. The lowest BCUT2D eigenvalue weighted by Crippen LogP contribution is -2.12. The number of methoxy groups -OCH3 is 1. The maximum atomic E-state index is 5.23.